The lowest BCUT2D eigenvalue weighted by atomic mass is 10.1. The van der Waals surface area contributed by atoms with Crippen LogP contribution in [-0.4, -0.2) is 50.5 Å². The number of rotatable bonds is 13. The SMILES string of the molecule is CC[C@H](C(=O)NCC(C)C)N(Cc1ccccc1)C(=O)CCCN(c1ccc(Cl)cc1)S(C)(=O)=O. The van der Waals surface area contributed by atoms with Crippen LogP contribution in [0.15, 0.2) is 54.6 Å². The third kappa shape index (κ3) is 9.18. The largest absolute Gasteiger partial charge is 0.354 e. The number of anilines is 1. The lowest BCUT2D eigenvalue weighted by molar-refractivity contribution is -0.141. The maximum absolute atomic E-state index is 13.4. The number of nitrogens with one attached hydrogen (secondary N) is 1. The maximum Gasteiger partial charge on any atom is 0.242 e. The molecule has 2 rings (SSSR count). The zero-order chi connectivity index (χ0) is 26.0. The average molecular weight is 522 g/mol. The summed E-state index contributed by atoms with van der Waals surface area (Å²) >= 11 is 5.94. The number of hydrogen-bond donors (Lipinski definition) is 1. The summed E-state index contributed by atoms with van der Waals surface area (Å²) in [5.74, 6) is -0.0704. The monoisotopic (exact) mass is 521 g/mol. The summed E-state index contributed by atoms with van der Waals surface area (Å²) in [6.45, 7) is 6.90. The second-order valence-electron chi connectivity index (χ2n) is 8.99. The number of halogens is 1. The van der Waals surface area contributed by atoms with E-state index >= 15 is 0 Å². The molecule has 0 fully saturated rings. The van der Waals surface area contributed by atoms with Crippen molar-refractivity contribution < 1.29 is 18.0 Å². The van der Waals surface area contributed by atoms with Gasteiger partial charge in [0.2, 0.25) is 21.8 Å². The molecule has 1 N–H and O–H groups in total. The van der Waals surface area contributed by atoms with Gasteiger partial charge in [0.1, 0.15) is 6.04 Å². The van der Waals surface area contributed by atoms with E-state index in [9.17, 15) is 18.0 Å². The fourth-order valence-electron chi connectivity index (χ4n) is 3.73. The number of nitrogens with zero attached hydrogens (tertiary/aromatic N) is 2. The molecule has 0 unspecified atom stereocenters. The smallest absolute Gasteiger partial charge is 0.242 e. The van der Waals surface area contributed by atoms with E-state index in [-0.39, 0.29) is 24.8 Å². The van der Waals surface area contributed by atoms with E-state index in [1.54, 1.807) is 29.2 Å². The van der Waals surface area contributed by atoms with Crippen LogP contribution in [0.4, 0.5) is 5.69 Å². The van der Waals surface area contributed by atoms with Crippen molar-refractivity contribution in [2.45, 2.75) is 52.6 Å². The minimum absolute atomic E-state index is 0.112. The van der Waals surface area contributed by atoms with Gasteiger partial charge in [0.05, 0.1) is 11.9 Å². The molecule has 0 bridgehead atoms. The molecule has 0 heterocycles. The molecular formula is C26H36ClN3O4S. The fourth-order valence-corrected chi connectivity index (χ4v) is 4.82. The molecule has 0 aliphatic rings. The van der Waals surface area contributed by atoms with Crippen molar-refractivity contribution in [1.29, 1.82) is 0 Å². The maximum atomic E-state index is 13.4. The first-order chi connectivity index (χ1) is 16.5. The van der Waals surface area contributed by atoms with Gasteiger partial charge in [-0.05, 0) is 48.6 Å². The molecule has 7 nitrogen and oxygen atoms in total. The highest BCUT2D eigenvalue weighted by Gasteiger charge is 2.28. The first-order valence-corrected chi connectivity index (χ1v) is 14.1. The number of sulfonamides is 1. The van der Waals surface area contributed by atoms with Gasteiger partial charge >= 0.3 is 0 Å². The highest BCUT2D eigenvalue weighted by atomic mass is 35.5. The fraction of sp³-hybridized carbons (Fsp3) is 0.462. The molecule has 0 aliphatic carbocycles. The normalized spacial score (nSPS) is 12.3. The topological polar surface area (TPSA) is 86.8 Å². The third-order valence-electron chi connectivity index (χ3n) is 5.53. The quantitative estimate of drug-likeness (QED) is 0.421. The van der Waals surface area contributed by atoms with Gasteiger partial charge in [-0.25, -0.2) is 8.42 Å². The highest BCUT2D eigenvalue weighted by molar-refractivity contribution is 7.92. The highest BCUT2D eigenvalue weighted by Crippen LogP contribution is 2.21. The van der Waals surface area contributed by atoms with Crippen LogP contribution < -0.4 is 9.62 Å². The summed E-state index contributed by atoms with van der Waals surface area (Å²) in [6.07, 6.45) is 2.03. The first kappa shape index (κ1) is 28.7. The molecular weight excluding hydrogens is 486 g/mol. The molecule has 0 saturated heterocycles. The molecule has 35 heavy (non-hydrogen) atoms. The van der Waals surface area contributed by atoms with Crippen LogP contribution in [0.1, 0.15) is 45.6 Å². The third-order valence-corrected chi connectivity index (χ3v) is 6.98. The Morgan fingerprint density at radius 3 is 2.20 bits per heavy atom. The molecule has 1 atom stereocenters. The van der Waals surface area contributed by atoms with E-state index in [2.05, 4.69) is 5.32 Å². The van der Waals surface area contributed by atoms with Crippen molar-refractivity contribution in [2.24, 2.45) is 5.92 Å². The number of benzene rings is 2. The Morgan fingerprint density at radius 1 is 1.03 bits per heavy atom. The molecule has 192 valence electrons. The van der Waals surface area contributed by atoms with E-state index in [1.807, 2.05) is 51.1 Å². The minimum Gasteiger partial charge on any atom is -0.354 e. The van der Waals surface area contributed by atoms with Crippen molar-refractivity contribution >= 4 is 39.1 Å². The second kappa shape index (κ2) is 13.5. The Labute approximate surface area is 214 Å². The standard InChI is InChI=1S/C26H36ClN3O4S/c1-5-24(26(32)28-18-20(2)3)29(19-21-10-7-6-8-11-21)25(31)12-9-17-30(35(4,33)34)23-15-13-22(27)14-16-23/h6-8,10-11,13-16,20,24H,5,9,12,17-19H2,1-4H3,(H,28,32)/t24-/m1/s1. The Hall–Kier alpha value is -2.58. The van der Waals surface area contributed by atoms with Crippen LogP contribution in [0.5, 0.6) is 0 Å². The predicted molar refractivity (Wildman–Crippen MR) is 142 cm³/mol. The molecule has 0 spiro atoms. The molecule has 0 aromatic heterocycles. The van der Waals surface area contributed by atoms with E-state index in [0.29, 0.717) is 42.6 Å². The van der Waals surface area contributed by atoms with Gasteiger partial charge < -0.3 is 10.2 Å². The molecule has 2 amide bonds. The van der Waals surface area contributed by atoms with Crippen molar-refractivity contribution in [3.63, 3.8) is 0 Å². The molecule has 0 aliphatic heterocycles. The Bertz CT molecular complexity index is 1060. The van der Waals surface area contributed by atoms with E-state index < -0.39 is 16.1 Å². The van der Waals surface area contributed by atoms with E-state index in [0.717, 1.165) is 11.8 Å². The van der Waals surface area contributed by atoms with Gasteiger partial charge in [0, 0.05) is 31.1 Å². The van der Waals surface area contributed by atoms with Gasteiger partial charge in [0.25, 0.3) is 0 Å². The summed E-state index contributed by atoms with van der Waals surface area (Å²) in [4.78, 5) is 27.9. The minimum atomic E-state index is -3.55. The summed E-state index contributed by atoms with van der Waals surface area (Å²) in [6, 6.07) is 15.5. The predicted octanol–water partition coefficient (Wildman–Crippen LogP) is 4.47. The van der Waals surface area contributed by atoms with E-state index in [1.165, 1.54) is 4.31 Å². The second-order valence-corrected chi connectivity index (χ2v) is 11.3. The summed E-state index contributed by atoms with van der Waals surface area (Å²) in [5, 5.41) is 3.45. The van der Waals surface area contributed by atoms with Crippen molar-refractivity contribution in [3.05, 3.63) is 65.2 Å². The molecule has 2 aromatic rings. The molecule has 2 aromatic carbocycles. The lowest BCUT2D eigenvalue weighted by Crippen LogP contribution is -2.49. The Morgan fingerprint density at radius 2 is 1.66 bits per heavy atom. The molecule has 9 heteroatoms. The summed E-state index contributed by atoms with van der Waals surface area (Å²) in [5.41, 5.74) is 1.42. The number of carbonyl (C=O) groups is 2. The van der Waals surface area contributed by atoms with Gasteiger partial charge in [-0.2, -0.15) is 0 Å². The zero-order valence-corrected chi connectivity index (χ0v) is 22.5. The molecule has 0 radical (unpaired) electrons. The van der Waals surface area contributed by atoms with Crippen molar-refractivity contribution in [3.8, 4) is 0 Å². The lowest BCUT2D eigenvalue weighted by Gasteiger charge is -2.31. The molecule has 0 saturated carbocycles. The Balaban J connectivity index is 2.17. The van der Waals surface area contributed by atoms with Crippen LogP contribution in [0.2, 0.25) is 5.02 Å². The number of hydrogen-bond acceptors (Lipinski definition) is 4. The zero-order valence-electron chi connectivity index (χ0n) is 20.9. The van der Waals surface area contributed by atoms with Gasteiger partial charge in [-0.15, -0.1) is 0 Å². The van der Waals surface area contributed by atoms with Gasteiger partial charge in [0.15, 0.2) is 0 Å². The van der Waals surface area contributed by atoms with Gasteiger partial charge in [-0.3, -0.25) is 13.9 Å². The summed E-state index contributed by atoms with van der Waals surface area (Å²) < 4.78 is 26.0. The number of carbonyl (C=O) groups excluding carboxylic acids is 2. The number of amides is 2. The first-order valence-electron chi connectivity index (χ1n) is 11.9. The van der Waals surface area contributed by atoms with Crippen LogP contribution in [0.3, 0.4) is 0 Å². The summed E-state index contributed by atoms with van der Waals surface area (Å²) in [7, 11) is -3.55. The van der Waals surface area contributed by atoms with Crippen molar-refractivity contribution in [2.75, 3.05) is 23.7 Å². The van der Waals surface area contributed by atoms with Gasteiger partial charge in [-0.1, -0.05) is 62.7 Å². The van der Waals surface area contributed by atoms with Crippen molar-refractivity contribution in [1.82, 2.24) is 10.2 Å². The van der Waals surface area contributed by atoms with Crippen LogP contribution in [0, 0.1) is 5.92 Å². The Kier molecular flexibility index (Phi) is 11.0. The van der Waals surface area contributed by atoms with Crippen LogP contribution in [-0.2, 0) is 26.2 Å². The van der Waals surface area contributed by atoms with E-state index in [4.69, 9.17) is 11.6 Å². The van der Waals surface area contributed by atoms with Crippen LogP contribution >= 0.6 is 11.6 Å². The van der Waals surface area contributed by atoms with Crippen LogP contribution in [0.25, 0.3) is 0 Å². The average Bonchev–Trinajstić information content (AvgIpc) is 2.81.